The molecular formula is C16H20N2O. The van der Waals surface area contributed by atoms with Gasteiger partial charge in [-0.05, 0) is 32.9 Å². The molecule has 0 saturated carbocycles. The molecule has 0 aliphatic heterocycles. The molecule has 0 fully saturated rings. The number of rotatable bonds is 4. The second-order valence-corrected chi connectivity index (χ2v) is 5.48. The summed E-state index contributed by atoms with van der Waals surface area (Å²) in [6.07, 6.45) is 1.73. The van der Waals surface area contributed by atoms with E-state index in [0.29, 0.717) is 5.88 Å². The van der Waals surface area contributed by atoms with Crippen molar-refractivity contribution in [3.8, 4) is 11.6 Å². The zero-order valence-electron chi connectivity index (χ0n) is 11.7. The van der Waals surface area contributed by atoms with Crippen LogP contribution in [0, 0.1) is 0 Å². The topological polar surface area (TPSA) is 34.1 Å². The van der Waals surface area contributed by atoms with E-state index in [2.05, 4.69) is 37.1 Å². The Balaban J connectivity index is 2.12. The minimum absolute atomic E-state index is 0.0815. The average Bonchev–Trinajstić information content (AvgIpc) is 2.38. The molecule has 1 aromatic carbocycles. The lowest BCUT2D eigenvalue weighted by molar-refractivity contribution is 0.411. The van der Waals surface area contributed by atoms with Crippen LogP contribution in [0.3, 0.4) is 0 Å². The van der Waals surface area contributed by atoms with Crippen molar-refractivity contribution in [1.29, 1.82) is 0 Å². The normalized spacial score (nSPS) is 11.3. The molecule has 0 radical (unpaired) electrons. The molecule has 1 N–H and O–H groups in total. The van der Waals surface area contributed by atoms with Crippen LogP contribution >= 0.6 is 0 Å². The van der Waals surface area contributed by atoms with E-state index in [9.17, 15) is 0 Å². The van der Waals surface area contributed by atoms with E-state index in [4.69, 9.17) is 4.74 Å². The van der Waals surface area contributed by atoms with E-state index in [1.165, 1.54) is 0 Å². The largest absolute Gasteiger partial charge is 0.439 e. The Morgan fingerprint density at radius 2 is 1.79 bits per heavy atom. The summed E-state index contributed by atoms with van der Waals surface area (Å²) >= 11 is 0. The van der Waals surface area contributed by atoms with Crippen LogP contribution in [0.2, 0.25) is 0 Å². The fraction of sp³-hybridized carbons (Fsp3) is 0.312. The van der Waals surface area contributed by atoms with Gasteiger partial charge in [-0.2, -0.15) is 0 Å². The van der Waals surface area contributed by atoms with Crippen LogP contribution in [0.4, 0.5) is 0 Å². The Hall–Kier alpha value is -1.87. The molecule has 0 spiro atoms. The lowest BCUT2D eigenvalue weighted by Crippen LogP contribution is -2.35. The summed E-state index contributed by atoms with van der Waals surface area (Å²) in [5.41, 5.74) is 1.21. The molecule has 1 aromatic heterocycles. The minimum Gasteiger partial charge on any atom is -0.439 e. The summed E-state index contributed by atoms with van der Waals surface area (Å²) in [6, 6.07) is 13.7. The first-order valence-corrected chi connectivity index (χ1v) is 6.46. The zero-order chi connectivity index (χ0) is 13.7. The number of benzene rings is 1. The first-order valence-electron chi connectivity index (χ1n) is 6.46. The Morgan fingerprint density at radius 3 is 2.47 bits per heavy atom. The molecule has 0 bridgehead atoms. The van der Waals surface area contributed by atoms with E-state index in [-0.39, 0.29) is 5.54 Å². The van der Waals surface area contributed by atoms with Crippen LogP contribution in [0.1, 0.15) is 26.3 Å². The monoisotopic (exact) mass is 256 g/mol. The van der Waals surface area contributed by atoms with E-state index in [0.717, 1.165) is 17.9 Å². The lowest BCUT2D eigenvalue weighted by Gasteiger charge is -2.21. The van der Waals surface area contributed by atoms with Crippen LogP contribution in [-0.4, -0.2) is 10.5 Å². The summed E-state index contributed by atoms with van der Waals surface area (Å²) < 4.78 is 5.82. The number of pyridine rings is 1. The molecule has 0 aliphatic rings. The SMILES string of the molecule is CC(C)(C)NCc1ccccc1Oc1ccccn1. The molecule has 0 atom stereocenters. The van der Waals surface area contributed by atoms with Gasteiger partial charge in [-0.25, -0.2) is 4.98 Å². The van der Waals surface area contributed by atoms with Gasteiger partial charge in [0, 0.05) is 29.9 Å². The molecule has 0 saturated heterocycles. The summed E-state index contributed by atoms with van der Waals surface area (Å²) in [6.45, 7) is 7.21. The fourth-order valence-electron chi connectivity index (χ4n) is 1.63. The molecule has 3 heteroatoms. The highest BCUT2D eigenvalue weighted by molar-refractivity contribution is 5.36. The maximum Gasteiger partial charge on any atom is 0.219 e. The minimum atomic E-state index is 0.0815. The van der Waals surface area contributed by atoms with Crippen molar-refractivity contribution in [2.45, 2.75) is 32.9 Å². The van der Waals surface area contributed by atoms with Gasteiger partial charge in [0.2, 0.25) is 5.88 Å². The summed E-state index contributed by atoms with van der Waals surface area (Å²) in [5, 5.41) is 3.46. The van der Waals surface area contributed by atoms with Crippen molar-refractivity contribution in [3.63, 3.8) is 0 Å². The third-order valence-corrected chi connectivity index (χ3v) is 2.63. The van der Waals surface area contributed by atoms with Crippen molar-refractivity contribution in [2.24, 2.45) is 0 Å². The maximum absolute atomic E-state index is 5.82. The number of hydrogen-bond acceptors (Lipinski definition) is 3. The smallest absolute Gasteiger partial charge is 0.219 e. The lowest BCUT2D eigenvalue weighted by atomic mass is 10.1. The van der Waals surface area contributed by atoms with Crippen LogP contribution in [0.15, 0.2) is 48.7 Å². The molecule has 19 heavy (non-hydrogen) atoms. The second kappa shape index (κ2) is 5.85. The Bertz CT molecular complexity index is 518. The van der Waals surface area contributed by atoms with Gasteiger partial charge in [0.1, 0.15) is 5.75 Å². The van der Waals surface area contributed by atoms with Crippen molar-refractivity contribution in [3.05, 3.63) is 54.2 Å². The van der Waals surface area contributed by atoms with Crippen LogP contribution in [0.25, 0.3) is 0 Å². The van der Waals surface area contributed by atoms with Crippen LogP contribution < -0.4 is 10.1 Å². The number of hydrogen-bond donors (Lipinski definition) is 1. The van der Waals surface area contributed by atoms with Gasteiger partial charge in [-0.3, -0.25) is 0 Å². The highest BCUT2D eigenvalue weighted by Crippen LogP contribution is 2.23. The molecule has 1 heterocycles. The van der Waals surface area contributed by atoms with Gasteiger partial charge < -0.3 is 10.1 Å². The van der Waals surface area contributed by atoms with Crippen molar-refractivity contribution < 1.29 is 4.74 Å². The molecule has 100 valence electrons. The fourth-order valence-corrected chi connectivity index (χ4v) is 1.63. The number of ether oxygens (including phenoxy) is 1. The quantitative estimate of drug-likeness (QED) is 0.904. The molecule has 2 rings (SSSR count). The van der Waals surface area contributed by atoms with Gasteiger partial charge in [-0.1, -0.05) is 24.3 Å². The van der Waals surface area contributed by atoms with Crippen molar-refractivity contribution in [1.82, 2.24) is 10.3 Å². The van der Waals surface area contributed by atoms with Gasteiger partial charge in [0.25, 0.3) is 0 Å². The number of nitrogens with one attached hydrogen (secondary N) is 1. The molecule has 2 aromatic rings. The summed E-state index contributed by atoms with van der Waals surface area (Å²) in [4.78, 5) is 4.18. The molecule has 0 unspecified atom stereocenters. The predicted molar refractivity (Wildman–Crippen MR) is 77.3 cm³/mol. The highest BCUT2D eigenvalue weighted by Gasteiger charge is 2.11. The van der Waals surface area contributed by atoms with E-state index < -0.39 is 0 Å². The average molecular weight is 256 g/mol. The van der Waals surface area contributed by atoms with Gasteiger partial charge in [0.15, 0.2) is 0 Å². The third-order valence-electron chi connectivity index (χ3n) is 2.63. The van der Waals surface area contributed by atoms with Gasteiger partial charge in [-0.15, -0.1) is 0 Å². The Kier molecular flexibility index (Phi) is 4.17. The molecule has 3 nitrogen and oxygen atoms in total. The van der Waals surface area contributed by atoms with Gasteiger partial charge in [0.05, 0.1) is 0 Å². The summed E-state index contributed by atoms with van der Waals surface area (Å²) in [5.74, 6) is 1.46. The van der Waals surface area contributed by atoms with Crippen molar-refractivity contribution in [2.75, 3.05) is 0 Å². The third kappa shape index (κ3) is 4.38. The standard InChI is InChI=1S/C16H20N2O/c1-16(2,3)18-12-13-8-4-5-9-14(13)19-15-10-6-7-11-17-15/h4-11,18H,12H2,1-3H3. The van der Waals surface area contributed by atoms with E-state index in [1.807, 2.05) is 36.4 Å². The highest BCUT2D eigenvalue weighted by atomic mass is 16.5. The predicted octanol–water partition coefficient (Wildman–Crippen LogP) is 3.76. The number of nitrogens with zero attached hydrogens (tertiary/aromatic N) is 1. The zero-order valence-corrected chi connectivity index (χ0v) is 11.7. The Morgan fingerprint density at radius 1 is 1.05 bits per heavy atom. The number of aromatic nitrogens is 1. The first kappa shape index (κ1) is 13.6. The van der Waals surface area contributed by atoms with E-state index >= 15 is 0 Å². The van der Waals surface area contributed by atoms with Gasteiger partial charge >= 0.3 is 0 Å². The van der Waals surface area contributed by atoms with Crippen LogP contribution in [-0.2, 0) is 6.54 Å². The number of para-hydroxylation sites is 1. The van der Waals surface area contributed by atoms with E-state index in [1.54, 1.807) is 6.20 Å². The van der Waals surface area contributed by atoms with Crippen LogP contribution in [0.5, 0.6) is 11.6 Å². The molecule has 0 amide bonds. The second-order valence-electron chi connectivity index (χ2n) is 5.48. The summed E-state index contributed by atoms with van der Waals surface area (Å²) in [7, 11) is 0. The maximum atomic E-state index is 5.82. The first-order chi connectivity index (χ1) is 9.04. The molecule has 0 aliphatic carbocycles. The Labute approximate surface area is 114 Å². The van der Waals surface area contributed by atoms with Crippen molar-refractivity contribution >= 4 is 0 Å². The molecular weight excluding hydrogens is 236 g/mol.